The molecule has 24 heavy (non-hydrogen) atoms. The average molecular weight is 369 g/mol. The van der Waals surface area contributed by atoms with E-state index in [1.165, 1.54) is 12.1 Å². The molecule has 2 aromatic rings. The predicted octanol–water partition coefficient (Wildman–Crippen LogP) is 4.94. The molecule has 0 heterocycles. The number of nitro benzene ring substituents is 1. The molecule has 0 radical (unpaired) electrons. The lowest BCUT2D eigenvalue weighted by Crippen LogP contribution is -2.12. The Balaban J connectivity index is 2.19. The third-order valence-electron chi connectivity index (χ3n) is 2.96. The number of carbonyl (C=O) groups excluding carboxylic acids is 1. The van der Waals surface area contributed by atoms with Gasteiger partial charge in [0.1, 0.15) is 10.8 Å². The number of rotatable bonds is 5. The van der Waals surface area contributed by atoms with Gasteiger partial charge >= 0.3 is 0 Å². The van der Waals surface area contributed by atoms with Gasteiger partial charge in [-0.3, -0.25) is 14.9 Å². The first-order chi connectivity index (χ1) is 11.3. The van der Waals surface area contributed by atoms with Crippen molar-refractivity contribution in [3.05, 3.63) is 62.1 Å². The molecule has 0 aromatic heterocycles. The molecule has 8 heteroatoms. The van der Waals surface area contributed by atoms with Crippen LogP contribution in [0, 0.1) is 10.1 Å². The molecule has 0 saturated heterocycles. The summed E-state index contributed by atoms with van der Waals surface area (Å²) in [6.45, 7) is 3.75. The van der Waals surface area contributed by atoms with Crippen LogP contribution in [-0.2, 0) is 0 Å². The molecule has 2 rings (SSSR count). The summed E-state index contributed by atoms with van der Waals surface area (Å²) in [6, 6.07) is 8.65. The highest BCUT2D eigenvalue weighted by atomic mass is 35.5. The average Bonchev–Trinajstić information content (AvgIpc) is 2.49. The van der Waals surface area contributed by atoms with Crippen LogP contribution >= 0.6 is 23.2 Å². The summed E-state index contributed by atoms with van der Waals surface area (Å²) in [5.74, 6) is -0.00448. The standard InChI is InChI=1S/C16H14Cl2N2O4/c1-9(2)24-15-6-4-11(8-13(15)18)19-16(21)10-3-5-12(17)14(7-10)20(22)23/h3-9H,1-2H3,(H,19,21). The van der Waals surface area contributed by atoms with Crippen LogP contribution in [0.1, 0.15) is 24.2 Å². The highest BCUT2D eigenvalue weighted by Gasteiger charge is 2.16. The molecule has 2 aromatic carbocycles. The number of hydrogen-bond donors (Lipinski definition) is 1. The molecule has 0 atom stereocenters. The zero-order chi connectivity index (χ0) is 17.9. The fraction of sp³-hybridized carbons (Fsp3) is 0.188. The third-order valence-corrected chi connectivity index (χ3v) is 3.57. The molecule has 0 unspecified atom stereocenters. The number of halogens is 2. The van der Waals surface area contributed by atoms with Crippen LogP contribution in [0.4, 0.5) is 11.4 Å². The molecule has 6 nitrogen and oxygen atoms in total. The number of amides is 1. The van der Waals surface area contributed by atoms with Crippen LogP contribution < -0.4 is 10.1 Å². The minimum absolute atomic E-state index is 0.0300. The molecule has 0 aliphatic rings. The molecule has 0 saturated carbocycles. The number of ether oxygens (including phenoxy) is 1. The largest absolute Gasteiger partial charge is 0.489 e. The fourth-order valence-corrected chi connectivity index (χ4v) is 2.34. The fourth-order valence-electron chi connectivity index (χ4n) is 1.93. The molecule has 0 aliphatic carbocycles. The third kappa shape index (κ3) is 4.37. The van der Waals surface area contributed by atoms with E-state index in [0.717, 1.165) is 6.07 Å². The van der Waals surface area contributed by atoms with Crippen molar-refractivity contribution in [3.63, 3.8) is 0 Å². The highest BCUT2D eigenvalue weighted by molar-refractivity contribution is 6.33. The Morgan fingerprint density at radius 3 is 2.46 bits per heavy atom. The topological polar surface area (TPSA) is 81.5 Å². The van der Waals surface area contributed by atoms with E-state index in [0.29, 0.717) is 16.5 Å². The number of carbonyl (C=O) groups is 1. The number of benzene rings is 2. The van der Waals surface area contributed by atoms with Crippen LogP contribution in [0.5, 0.6) is 5.75 Å². The Kier molecular flexibility index (Phi) is 5.64. The van der Waals surface area contributed by atoms with E-state index in [1.54, 1.807) is 18.2 Å². The van der Waals surface area contributed by atoms with Gasteiger partial charge in [0.15, 0.2) is 0 Å². The van der Waals surface area contributed by atoms with Gasteiger partial charge in [-0.1, -0.05) is 23.2 Å². The van der Waals surface area contributed by atoms with Gasteiger partial charge in [0.2, 0.25) is 0 Å². The molecule has 126 valence electrons. The lowest BCUT2D eigenvalue weighted by Gasteiger charge is -2.12. The number of nitrogens with one attached hydrogen (secondary N) is 1. The maximum Gasteiger partial charge on any atom is 0.288 e. The van der Waals surface area contributed by atoms with Gasteiger partial charge in [-0.25, -0.2) is 0 Å². The SMILES string of the molecule is CC(C)Oc1ccc(NC(=O)c2ccc(Cl)c([N+](=O)[O-])c2)cc1Cl. The first kappa shape index (κ1) is 18.0. The smallest absolute Gasteiger partial charge is 0.288 e. The Hall–Kier alpha value is -2.31. The van der Waals surface area contributed by atoms with Crippen LogP contribution in [0.25, 0.3) is 0 Å². The first-order valence-corrected chi connectivity index (χ1v) is 7.75. The summed E-state index contributed by atoms with van der Waals surface area (Å²) in [5, 5.41) is 13.8. The van der Waals surface area contributed by atoms with Gasteiger partial charge < -0.3 is 10.1 Å². The summed E-state index contributed by atoms with van der Waals surface area (Å²) in [5.41, 5.74) is 0.228. The first-order valence-electron chi connectivity index (χ1n) is 6.99. The zero-order valence-corrected chi connectivity index (χ0v) is 14.4. The molecule has 0 aliphatic heterocycles. The van der Waals surface area contributed by atoms with Crippen molar-refractivity contribution in [1.82, 2.24) is 0 Å². The number of hydrogen-bond acceptors (Lipinski definition) is 4. The number of nitrogens with zero attached hydrogens (tertiary/aromatic N) is 1. The van der Waals surface area contributed by atoms with Crippen LogP contribution in [-0.4, -0.2) is 16.9 Å². The highest BCUT2D eigenvalue weighted by Crippen LogP contribution is 2.29. The van der Waals surface area contributed by atoms with Gasteiger partial charge in [0, 0.05) is 17.3 Å². The Morgan fingerprint density at radius 2 is 1.88 bits per heavy atom. The minimum atomic E-state index is -0.645. The summed E-state index contributed by atoms with van der Waals surface area (Å²) >= 11 is 11.8. The summed E-state index contributed by atoms with van der Waals surface area (Å²) < 4.78 is 5.51. The molecule has 0 fully saturated rings. The molecule has 1 amide bonds. The second-order valence-corrected chi connectivity index (χ2v) is 6.00. The second kappa shape index (κ2) is 7.51. The molecular weight excluding hydrogens is 355 g/mol. The molecule has 0 spiro atoms. The quantitative estimate of drug-likeness (QED) is 0.598. The lowest BCUT2D eigenvalue weighted by molar-refractivity contribution is -0.384. The Morgan fingerprint density at radius 1 is 1.17 bits per heavy atom. The summed E-state index contributed by atoms with van der Waals surface area (Å²) in [4.78, 5) is 22.5. The van der Waals surface area contributed by atoms with Crippen LogP contribution in [0.2, 0.25) is 10.0 Å². The summed E-state index contributed by atoms with van der Waals surface area (Å²) in [7, 11) is 0. The van der Waals surface area contributed by atoms with Gasteiger partial charge in [-0.05, 0) is 44.2 Å². The van der Waals surface area contributed by atoms with E-state index < -0.39 is 10.8 Å². The maximum absolute atomic E-state index is 12.2. The predicted molar refractivity (Wildman–Crippen MR) is 93.3 cm³/mol. The monoisotopic (exact) mass is 368 g/mol. The minimum Gasteiger partial charge on any atom is -0.489 e. The van der Waals surface area contributed by atoms with E-state index in [1.807, 2.05) is 13.8 Å². The van der Waals surface area contributed by atoms with E-state index in [9.17, 15) is 14.9 Å². The van der Waals surface area contributed by atoms with Crippen molar-refractivity contribution in [2.24, 2.45) is 0 Å². The van der Waals surface area contributed by atoms with Crippen molar-refractivity contribution in [3.8, 4) is 5.75 Å². The molecular formula is C16H14Cl2N2O4. The number of nitro groups is 1. The lowest BCUT2D eigenvalue weighted by atomic mass is 10.2. The van der Waals surface area contributed by atoms with Crippen molar-refractivity contribution in [1.29, 1.82) is 0 Å². The van der Waals surface area contributed by atoms with Crippen molar-refractivity contribution in [2.75, 3.05) is 5.32 Å². The Labute approximate surface area is 148 Å². The van der Waals surface area contributed by atoms with E-state index in [4.69, 9.17) is 27.9 Å². The zero-order valence-electron chi connectivity index (χ0n) is 12.9. The van der Waals surface area contributed by atoms with Gasteiger partial charge in [0.05, 0.1) is 16.0 Å². The van der Waals surface area contributed by atoms with Crippen molar-refractivity contribution < 1.29 is 14.5 Å². The van der Waals surface area contributed by atoms with Crippen molar-refractivity contribution >= 4 is 40.5 Å². The summed E-state index contributed by atoms with van der Waals surface area (Å²) in [6.07, 6.45) is -0.0300. The normalized spacial score (nSPS) is 10.5. The van der Waals surface area contributed by atoms with Crippen molar-refractivity contribution in [2.45, 2.75) is 20.0 Å². The van der Waals surface area contributed by atoms with Crippen LogP contribution in [0.3, 0.4) is 0 Å². The van der Waals surface area contributed by atoms with E-state index in [-0.39, 0.29) is 22.4 Å². The van der Waals surface area contributed by atoms with Gasteiger partial charge in [-0.2, -0.15) is 0 Å². The Bertz CT molecular complexity index is 794. The van der Waals surface area contributed by atoms with Gasteiger partial charge in [-0.15, -0.1) is 0 Å². The number of anilines is 1. The van der Waals surface area contributed by atoms with E-state index >= 15 is 0 Å². The molecule has 0 bridgehead atoms. The van der Waals surface area contributed by atoms with Crippen LogP contribution in [0.15, 0.2) is 36.4 Å². The molecule has 1 N–H and O–H groups in total. The van der Waals surface area contributed by atoms with E-state index in [2.05, 4.69) is 5.32 Å². The van der Waals surface area contributed by atoms with Gasteiger partial charge in [0.25, 0.3) is 11.6 Å². The second-order valence-electron chi connectivity index (χ2n) is 5.19. The maximum atomic E-state index is 12.2.